The van der Waals surface area contributed by atoms with Crippen molar-refractivity contribution in [2.24, 2.45) is 0 Å². The quantitative estimate of drug-likeness (QED) is 0.362. The molecular weight excluding hydrogens is 411 g/mol. The SMILES string of the molecule is COc1c(C)cnc(CSc2nnc(-c3ccccc3F)n2Cc2ccccc2)c1C. The summed E-state index contributed by atoms with van der Waals surface area (Å²) in [6.45, 7) is 4.53. The molecule has 0 amide bonds. The highest BCUT2D eigenvalue weighted by Crippen LogP contribution is 2.31. The first-order valence-corrected chi connectivity index (χ1v) is 10.9. The van der Waals surface area contributed by atoms with Crippen molar-refractivity contribution in [1.29, 1.82) is 0 Å². The number of halogens is 1. The largest absolute Gasteiger partial charge is 0.496 e. The number of aryl methyl sites for hydroxylation is 1. The monoisotopic (exact) mass is 434 g/mol. The van der Waals surface area contributed by atoms with Gasteiger partial charge in [0.25, 0.3) is 0 Å². The summed E-state index contributed by atoms with van der Waals surface area (Å²) in [6, 6.07) is 16.7. The van der Waals surface area contributed by atoms with Crippen molar-refractivity contribution in [2.75, 3.05) is 7.11 Å². The molecule has 2 aromatic carbocycles. The third-order valence-corrected chi connectivity index (χ3v) is 6.08. The fourth-order valence-corrected chi connectivity index (χ4v) is 4.46. The molecule has 0 bridgehead atoms. The molecule has 0 atom stereocenters. The Morgan fingerprint density at radius 3 is 2.48 bits per heavy atom. The molecule has 0 unspecified atom stereocenters. The van der Waals surface area contributed by atoms with Crippen LogP contribution in [0.3, 0.4) is 0 Å². The number of hydrogen-bond donors (Lipinski definition) is 0. The molecule has 0 aliphatic heterocycles. The molecule has 5 nitrogen and oxygen atoms in total. The van der Waals surface area contributed by atoms with Crippen LogP contribution in [0.25, 0.3) is 11.4 Å². The molecule has 7 heteroatoms. The molecule has 0 fully saturated rings. The van der Waals surface area contributed by atoms with Gasteiger partial charge in [-0.1, -0.05) is 54.2 Å². The van der Waals surface area contributed by atoms with Crippen LogP contribution < -0.4 is 4.74 Å². The van der Waals surface area contributed by atoms with Gasteiger partial charge in [0.2, 0.25) is 0 Å². The normalized spacial score (nSPS) is 11.0. The Bertz CT molecular complexity index is 1190. The van der Waals surface area contributed by atoms with Gasteiger partial charge in [0.15, 0.2) is 11.0 Å². The van der Waals surface area contributed by atoms with Gasteiger partial charge in [-0.3, -0.25) is 9.55 Å². The van der Waals surface area contributed by atoms with E-state index in [-0.39, 0.29) is 5.82 Å². The first-order valence-electron chi connectivity index (χ1n) is 9.92. The molecule has 0 saturated carbocycles. The van der Waals surface area contributed by atoms with Crippen molar-refractivity contribution in [3.05, 3.63) is 89.0 Å². The zero-order chi connectivity index (χ0) is 21.8. The average Bonchev–Trinajstić information content (AvgIpc) is 3.17. The molecule has 0 aliphatic rings. The minimum absolute atomic E-state index is 0.318. The molecule has 31 heavy (non-hydrogen) atoms. The van der Waals surface area contributed by atoms with E-state index in [4.69, 9.17) is 4.74 Å². The van der Waals surface area contributed by atoms with E-state index in [1.807, 2.05) is 54.9 Å². The minimum Gasteiger partial charge on any atom is -0.496 e. The highest BCUT2D eigenvalue weighted by Gasteiger charge is 2.18. The highest BCUT2D eigenvalue weighted by atomic mass is 32.2. The summed E-state index contributed by atoms with van der Waals surface area (Å²) in [5.74, 6) is 1.65. The van der Waals surface area contributed by atoms with Gasteiger partial charge in [-0.05, 0) is 31.5 Å². The molecule has 158 valence electrons. The molecule has 2 heterocycles. The van der Waals surface area contributed by atoms with Crippen molar-refractivity contribution in [3.8, 4) is 17.1 Å². The lowest BCUT2D eigenvalue weighted by molar-refractivity contribution is 0.407. The smallest absolute Gasteiger partial charge is 0.192 e. The summed E-state index contributed by atoms with van der Waals surface area (Å²) < 4.78 is 22.0. The Morgan fingerprint density at radius 2 is 1.74 bits per heavy atom. The van der Waals surface area contributed by atoms with Crippen LogP contribution in [0.5, 0.6) is 5.75 Å². The van der Waals surface area contributed by atoms with E-state index in [1.165, 1.54) is 17.8 Å². The Kier molecular flexibility index (Phi) is 6.32. The summed E-state index contributed by atoms with van der Waals surface area (Å²) in [4.78, 5) is 4.58. The first kappa shape index (κ1) is 21.1. The Morgan fingerprint density at radius 1 is 1.00 bits per heavy atom. The van der Waals surface area contributed by atoms with Crippen LogP contribution >= 0.6 is 11.8 Å². The summed E-state index contributed by atoms with van der Waals surface area (Å²) in [6.07, 6.45) is 1.82. The Labute approximate surface area is 185 Å². The number of ether oxygens (including phenoxy) is 1. The molecule has 0 spiro atoms. The number of pyridine rings is 1. The zero-order valence-electron chi connectivity index (χ0n) is 17.7. The summed E-state index contributed by atoms with van der Waals surface area (Å²) in [5, 5.41) is 9.43. The van der Waals surface area contributed by atoms with Crippen LogP contribution in [0.2, 0.25) is 0 Å². The van der Waals surface area contributed by atoms with Crippen LogP contribution in [0.15, 0.2) is 66.0 Å². The standard InChI is InChI=1S/C24H23FN4OS/c1-16-13-26-21(17(2)22(16)30-3)15-31-24-28-27-23(19-11-7-8-12-20(19)25)29(24)14-18-9-5-4-6-10-18/h4-13H,14-15H2,1-3H3. The fourth-order valence-electron chi connectivity index (χ4n) is 3.50. The fraction of sp³-hybridized carbons (Fsp3) is 0.208. The number of methoxy groups -OCH3 is 1. The second kappa shape index (κ2) is 9.31. The molecule has 4 aromatic rings. The van der Waals surface area contributed by atoms with Crippen LogP contribution in [-0.4, -0.2) is 26.9 Å². The number of rotatable bonds is 7. The lowest BCUT2D eigenvalue weighted by Gasteiger charge is -2.13. The van der Waals surface area contributed by atoms with E-state index >= 15 is 0 Å². The van der Waals surface area contributed by atoms with Crippen molar-refractivity contribution in [1.82, 2.24) is 19.7 Å². The number of aromatic nitrogens is 4. The van der Waals surface area contributed by atoms with E-state index in [1.54, 1.807) is 25.3 Å². The van der Waals surface area contributed by atoms with E-state index < -0.39 is 0 Å². The third-order valence-electron chi connectivity index (χ3n) is 5.10. The van der Waals surface area contributed by atoms with Crippen molar-refractivity contribution in [2.45, 2.75) is 31.3 Å². The van der Waals surface area contributed by atoms with Gasteiger partial charge in [-0.15, -0.1) is 10.2 Å². The second-order valence-electron chi connectivity index (χ2n) is 7.19. The van der Waals surface area contributed by atoms with Gasteiger partial charge in [-0.25, -0.2) is 4.39 Å². The number of hydrogen-bond acceptors (Lipinski definition) is 5. The maximum absolute atomic E-state index is 14.5. The van der Waals surface area contributed by atoms with Crippen LogP contribution in [-0.2, 0) is 12.3 Å². The van der Waals surface area contributed by atoms with Crippen molar-refractivity contribution < 1.29 is 9.13 Å². The van der Waals surface area contributed by atoms with Crippen molar-refractivity contribution >= 4 is 11.8 Å². The number of thioether (sulfide) groups is 1. The Balaban J connectivity index is 1.69. The molecule has 0 saturated heterocycles. The van der Waals surface area contributed by atoms with Crippen LogP contribution in [0, 0.1) is 19.7 Å². The van der Waals surface area contributed by atoms with Gasteiger partial charge in [0.05, 0.1) is 24.9 Å². The van der Waals surface area contributed by atoms with Crippen molar-refractivity contribution in [3.63, 3.8) is 0 Å². The van der Waals surface area contributed by atoms with Gasteiger partial charge in [0, 0.05) is 23.1 Å². The number of nitrogens with zero attached hydrogens (tertiary/aromatic N) is 4. The maximum Gasteiger partial charge on any atom is 0.192 e. The van der Waals surface area contributed by atoms with E-state index in [0.717, 1.165) is 28.1 Å². The van der Waals surface area contributed by atoms with E-state index in [0.29, 0.717) is 28.8 Å². The minimum atomic E-state index is -0.318. The van der Waals surface area contributed by atoms with Crippen LogP contribution in [0.1, 0.15) is 22.4 Å². The third kappa shape index (κ3) is 4.46. The summed E-state index contributed by atoms with van der Waals surface area (Å²) in [5.41, 5.74) is 4.47. The molecule has 2 aromatic heterocycles. The second-order valence-corrected chi connectivity index (χ2v) is 8.14. The van der Waals surface area contributed by atoms with Crippen LogP contribution in [0.4, 0.5) is 4.39 Å². The maximum atomic E-state index is 14.5. The zero-order valence-corrected chi connectivity index (χ0v) is 18.5. The molecule has 4 rings (SSSR count). The topological polar surface area (TPSA) is 52.8 Å². The van der Waals surface area contributed by atoms with Gasteiger partial charge in [0.1, 0.15) is 11.6 Å². The van der Waals surface area contributed by atoms with E-state index in [9.17, 15) is 4.39 Å². The molecule has 0 aliphatic carbocycles. The van der Waals surface area contributed by atoms with Gasteiger partial charge >= 0.3 is 0 Å². The highest BCUT2D eigenvalue weighted by molar-refractivity contribution is 7.98. The molecular formula is C24H23FN4OS. The Hall–Kier alpha value is -3.19. The van der Waals surface area contributed by atoms with Gasteiger partial charge < -0.3 is 4.74 Å². The average molecular weight is 435 g/mol. The lowest BCUT2D eigenvalue weighted by Crippen LogP contribution is -2.05. The number of benzene rings is 2. The first-order chi connectivity index (χ1) is 15.1. The summed E-state index contributed by atoms with van der Waals surface area (Å²) in [7, 11) is 1.67. The van der Waals surface area contributed by atoms with Gasteiger partial charge in [-0.2, -0.15) is 0 Å². The summed E-state index contributed by atoms with van der Waals surface area (Å²) >= 11 is 1.53. The molecule has 0 radical (unpaired) electrons. The van der Waals surface area contributed by atoms with E-state index in [2.05, 4.69) is 15.2 Å². The molecule has 0 N–H and O–H groups in total. The predicted molar refractivity (Wildman–Crippen MR) is 121 cm³/mol. The predicted octanol–water partition coefficient (Wildman–Crippen LogP) is 5.45. The lowest BCUT2D eigenvalue weighted by atomic mass is 10.1.